The lowest BCUT2D eigenvalue weighted by molar-refractivity contribution is -0.136. The summed E-state index contributed by atoms with van der Waals surface area (Å²) < 4.78 is 5.07. The number of nitriles is 1. The maximum absolute atomic E-state index is 10.7. The van der Waals surface area contributed by atoms with E-state index in [1.807, 2.05) is 6.07 Å². The van der Waals surface area contributed by atoms with E-state index < -0.39 is 5.97 Å². The Morgan fingerprint density at radius 1 is 1.62 bits per heavy atom. The molecule has 1 rings (SSSR count). The van der Waals surface area contributed by atoms with Gasteiger partial charge in [-0.25, -0.2) is 0 Å². The van der Waals surface area contributed by atoms with Crippen LogP contribution in [0.15, 0.2) is 12.1 Å². The van der Waals surface area contributed by atoms with Gasteiger partial charge in [0.05, 0.1) is 19.1 Å². The van der Waals surface area contributed by atoms with E-state index in [9.17, 15) is 4.79 Å². The largest absolute Gasteiger partial charge is 0.495 e. The highest BCUT2D eigenvalue weighted by Crippen LogP contribution is 2.28. The maximum atomic E-state index is 10.7. The Kier molecular flexibility index (Phi) is 4.15. The molecule has 0 bridgehead atoms. The van der Waals surface area contributed by atoms with Gasteiger partial charge in [0.25, 0.3) is 0 Å². The molecule has 0 radical (unpaired) electrons. The molecule has 1 aromatic carbocycles. The van der Waals surface area contributed by atoms with Gasteiger partial charge in [0, 0.05) is 11.4 Å². The number of carboxylic acid groups (broad SMARTS) is 1. The number of hydrogen-bond acceptors (Lipinski definition) is 3. The first-order chi connectivity index (χ1) is 7.63. The van der Waals surface area contributed by atoms with Crippen molar-refractivity contribution in [2.75, 3.05) is 7.11 Å². The number of aliphatic carboxylic acids is 1. The molecule has 0 aliphatic heterocycles. The van der Waals surface area contributed by atoms with Crippen molar-refractivity contribution in [1.29, 1.82) is 5.26 Å². The Morgan fingerprint density at radius 3 is 2.75 bits per heavy atom. The first kappa shape index (κ1) is 12.3. The number of benzene rings is 1. The normalized spacial score (nSPS) is 9.56. The van der Waals surface area contributed by atoms with Crippen molar-refractivity contribution >= 4 is 17.6 Å². The van der Waals surface area contributed by atoms with Crippen molar-refractivity contribution < 1.29 is 14.6 Å². The quantitative estimate of drug-likeness (QED) is 0.815. The SMILES string of the molecule is COc1c(C#N)ccc(CCl)c1CC(=O)O. The van der Waals surface area contributed by atoms with Crippen LogP contribution in [0, 0.1) is 11.3 Å². The van der Waals surface area contributed by atoms with E-state index >= 15 is 0 Å². The summed E-state index contributed by atoms with van der Waals surface area (Å²) >= 11 is 5.71. The minimum Gasteiger partial charge on any atom is -0.495 e. The Bertz CT molecular complexity index is 451. The average molecular weight is 240 g/mol. The van der Waals surface area contributed by atoms with Crippen LogP contribution in [0.4, 0.5) is 0 Å². The molecule has 0 aromatic heterocycles. The highest BCUT2D eigenvalue weighted by atomic mass is 35.5. The van der Waals surface area contributed by atoms with Gasteiger partial charge in [0.1, 0.15) is 11.8 Å². The van der Waals surface area contributed by atoms with E-state index in [4.69, 9.17) is 26.7 Å². The maximum Gasteiger partial charge on any atom is 0.307 e. The van der Waals surface area contributed by atoms with E-state index in [2.05, 4.69) is 0 Å². The monoisotopic (exact) mass is 239 g/mol. The molecular weight excluding hydrogens is 230 g/mol. The number of alkyl halides is 1. The number of rotatable bonds is 4. The number of ether oxygens (including phenoxy) is 1. The van der Waals surface area contributed by atoms with E-state index in [1.165, 1.54) is 7.11 Å². The number of carboxylic acids is 1. The molecule has 0 saturated carbocycles. The van der Waals surface area contributed by atoms with Crippen LogP contribution in [0.3, 0.4) is 0 Å². The first-order valence-electron chi connectivity index (χ1n) is 4.50. The molecule has 84 valence electrons. The van der Waals surface area contributed by atoms with Gasteiger partial charge >= 0.3 is 5.97 Å². The number of nitrogens with zero attached hydrogens (tertiary/aromatic N) is 1. The third-order valence-electron chi connectivity index (χ3n) is 2.15. The smallest absolute Gasteiger partial charge is 0.307 e. The van der Waals surface area contributed by atoms with Gasteiger partial charge in [-0.3, -0.25) is 4.79 Å². The van der Waals surface area contributed by atoms with Crippen molar-refractivity contribution in [3.63, 3.8) is 0 Å². The third kappa shape index (κ3) is 2.44. The molecule has 0 heterocycles. The van der Waals surface area contributed by atoms with Crippen molar-refractivity contribution in [3.05, 3.63) is 28.8 Å². The number of hydrogen-bond donors (Lipinski definition) is 1. The molecule has 16 heavy (non-hydrogen) atoms. The van der Waals surface area contributed by atoms with Crippen LogP contribution >= 0.6 is 11.6 Å². The first-order valence-corrected chi connectivity index (χ1v) is 5.04. The minimum atomic E-state index is -0.986. The van der Waals surface area contributed by atoms with Crippen molar-refractivity contribution in [2.45, 2.75) is 12.3 Å². The van der Waals surface area contributed by atoms with Crippen LogP contribution in [0.5, 0.6) is 5.75 Å². The summed E-state index contributed by atoms with van der Waals surface area (Å²) in [7, 11) is 1.40. The second-order valence-corrected chi connectivity index (χ2v) is 3.37. The molecule has 0 amide bonds. The second-order valence-electron chi connectivity index (χ2n) is 3.10. The summed E-state index contributed by atoms with van der Waals surface area (Å²) in [5.41, 5.74) is 1.44. The van der Waals surface area contributed by atoms with Gasteiger partial charge in [-0.2, -0.15) is 5.26 Å². The summed E-state index contributed by atoms with van der Waals surface area (Å²) in [5.74, 6) is -0.507. The molecule has 4 nitrogen and oxygen atoms in total. The Labute approximate surface area is 98.0 Å². The van der Waals surface area contributed by atoms with Gasteiger partial charge in [-0.15, -0.1) is 11.6 Å². The number of methoxy groups -OCH3 is 1. The second kappa shape index (κ2) is 5.38. The fourth-order valence-corrected chi connectivity index (χ4v) is 1.71. The summed E-state index contributed by atoms with van der Waals surface area (Å²) in [6.45, 7) is 0. The van der Waals surface area contributed by atoms with Crippen LogP contribution in [0.25, 0.3) is 0 Å². The van der Waals surface area contributed by atoms with Crippen molar-refractivity contribution in [1.82, 2.24) is 0 Å². The Hall–Kier alpha value is -1.73. The van der Waals surface area contributed by atoms with E-state index in [1.54, 1.807) is 12.1 Å². The van der Waals surface area contributed by atoms with Crippen LogP contribution in [-0.2, 0) is 17.1 Å². The topological polar surface area (TPSA) is 70.3 Å². The zero-order chi connectivity index (χ0) is 12.1. The minimum absolute atomic E-state index is 0.185. The molecule has 0 unspecified atom stereocenters. The molecule has 0 saturated heterocycles. The number of carbonyl (C=O) groups is 1. The highest BCUT2D eigenvalue weighted by molar-refractivity contribution is 6.17. The molecule has 0 spiro atoms. The highest BCUT2D eigenvalue weighted by Gasteiger charge is 2.16. The molecular formula is C11H10ClNO3. The molecule has 0 fully saturated rings. The summed E-state index contributed by atoms with van der Waals surface area (Å²) in [6.07, 6.45) is -0.208. The molecule has 1 N–H and O–H groups in total. The predicted molar refractivity (Wildman–Crippen MR) is 58.6 cm³/mol. The molecule has 0 aliphatic carbocycles. The van der Waals surface area contributed by atoms with Crippen LogP contribution in [0.1, 0.15) is 16.7 Å². The van der Waals surface area contributed by atoms with Gasteiger partial charge in [0.2, 0.25) is 0 Å². The predicted octanol–water partition coefficient (Wildman–Crippen LogP) is 1.93. The zero-order valence-electron chi connectivity index (χ0n) is 8.66. The summed E-state index contributed by atoms with van der Waals surface area (Å²) in [4.78, 5) is 10.7. The van der Waals surface area contributed by atoms with Crippen molar-refractivity contribution in [2.24, 2.45) is 0 Å². The summed E-state index contributed by atoms with van der Waals surface area (Å²) in [5, 5.41) is 17.7. The molecule has 5 heteroatoms. The lowest BCUT2D eigenvalue weighted by Crippen LogP contribution is -2.06. The molecule has 0 atom stereocenters. The number of halogens is 1. The lowest BCUT2D eigenvalue weighted by atomic mass is 10.0. The standard InChI is InChI=1S/C11H10ClNO3/c1-16-11-8(6-13)3-2-7(5-12)9(11)4-10(14)15/h2-3H,4-5H2,1H3,(H,14,15). The van der Waals surface area contributed by atoms with Crippen LogP contribution in [0.2, 0.25) is 0 Å². The van der Waals surface area contributed by atoms with Crippen LogP contribution in [-0.4, -0.2) is 18.2 Å². The molecule has 1 aromatic rings. The Balaban J connectivity index is 3.37. The Morgan fingerprint density at radius 2 is 2.31 bits per heavy atom. The van der Waals surface area contributed by atoms with Crippen LogP contribution < -0.4 is 4.74 Å². The lowest BCUT2D eigenvalue weighted by Gasteiger charge is -2.12. The van der Waals surface area contributed by atoms with Gasteiger partial charge < -0.3 is 9.84 Å². The fourth-order valence-electron chi connectivity index (χ4n) is 1.46. The van der Waals surface area contributed by atoms with Crippen molar-refractivity contribution in [3.8, 4) is 11.8 Å². The third-order valence-corrected chi connectivity index (χ3v) is 2.44. The average Bonchev–Trinajstić information content (AvgIpc) is 2.27. The van der Waals surface area contributed by atoms with E-state index in [0.29, 0.717) is 22.4 Å². The zero-order valence-corrected chi connectivity index (χ0v) is 9.41. The van der Waals surface area contributed by atoms with Gasteiger partial charge in [0.15, 0.2) is 0 Å². The molecule has 0 aliphatic rings. The van der Waals surface area contributed by atoms with E-state index in [-0.39, 0.29) is 12.3 Å². The van der Waals surface area contributed by atoms with Gasteiger partial charge in [-0.05, 0) is 11.6 Å². The van der Waals surface area contributed by atoms with Gasteiger partial charge in [-0.1, -0.05) is 6.07 Å². The summed E-state index contributed by atoms with van der Waals surface area (Å²) in [6, 6.07) is 5.17. The fraction of sp³-hybridized carbons (Fsp3) is 0.273. The van der Waals surface area contributed by atoms with E-state index in [0.717, 1.165) is 0 Å².